The molecule has 4 atom stereocenters. The van der Waals surface area contributed by atoms with Gasteiger partial charge in [0.2, 0.25) is 23.6 Å². The Balaban J connectivity index is 0.706. The Morgan fingerprint density at radius 3 is 2.27 bits per heavy atom. The normalized spacial score (nSPS) is 17.7. The van der Waals surface area contributed by atoms with Gasteiger partial charge >= 0.3 is 0 Å². The molecule has 5 amide bonds. The Morgan fingerprint density at radius 2 is 1.62 bits per heavy atom. The van der Waals surface area contributed by atoms with Crippen LogP contribution in [0, 0.1) is 12.3 Å². The highest BCUT2D eigenvalue weighted by Crippen LogP contribution is 2.38. The summed E-state index contributed by atoms with van der Waals surface area (Å²) in [5.74, 6) is 0.330. The van der Waals surface area contributed by atoms with Crippen LogP contribution >= 0.6 is 11.3 Å². The summed E-state index contributed by atoms with van der Waals surface area (Å²) < 4.78 is 7.39. The minimum atomic E-state index is -0.960. The van der Waals surface area contributed by atoms with Crippen molar-refractivity contribution in [3.63, 3.8) is 0 Å². The number of aryl methyl sites for hydroxylation is 2. The lowest BCUT2D eigenvalue weighted by Crippen LogP contribution is -2.57. The lowest BCUT2D eigenvalue weighted by Gasteiger charge is -2.43. The summed E-state index contributed by atoms with van der Waals surface area (Å²) in [5, 5.41) is 38.8. The minimum Gasteiger partial charge on any atom is -0.494 e. The van der Waals surface area contributed by atoms with E-state index in [2.05, 4.69) is 66.6 Å². The Morgan fingerprint density at radius 1 is 0.866 bits per heavy atom. The zero-order valence-electron chi connectivity index (χ0n) is 47.8. The predicted molar refractivity (Wildman–Crippen MR) is 313 cm³/mol. The summed E-state index contributed by atoms with van der Waals surface area (Å²) >= 11 is 1.57. The van der Waals surface area contributed by atoms with Crippen molar-refractivity contribution >= 4 is 69.6 Å². The highest BCUT2D eigenvalue weighted by molar-refractivity contribution is 7.13. The lowest BCUT2D eigenvalue weighted by atomic mass is 9.85. The lowest BCUT2D eigenvalue weighted by molar-refractivity contribution is -0.144. The number of anilines is 5. The van der Waals surface area contributed by atoms with E-state index >= 15 is 0 Å². The van der Waals surface area contributed by atoms with E-state index in [9.17, 15) is 29.1 Å². The molecule has 3 aliphatic rings. The number of para-hydroxylation sites is 1. The summed E-state index contributed by atoms with van der Waals surface area (Å²) in [6.07, 6.45) is 4.96. The number of carbonyl (C=O) groups excluding carboxylic acids is 5. The van der Waals surface area contributed by atoms with Crippen LogP contribution in [0.3, 0.4) is 0 Å². The number of nitrogens with zero attached hydrogens (tertiary/aromatic N) is 11. The van der Waals surface area contributed by atoms with Gasteiger partial charge in [-0.15, -0.1) is 21.5 Å². The summed E-state index contributed by atoms with van der Waals surface area (Å²) in [4.78, 5) is 90.4. The maximum atomic E-state index is 14.2. The van der Waals surface area contributed by atoms with Gasteiger partial charge in [0.1, 0.15) is 24.2 Å². The molecule has 0 spiro atoms. The highest BCUT2D eigenvalue weighted by atomic mass is 32.1. The number of amides is 5. The summed E-state index contributed by atoms with van der Waals surface area (Å²) in [6, 6.07) is 17.2. The van der Waals surface area contributed by atoms with Crippen molar-refractivity contribution < 1.29 is 33.8 Å². The number of nitrogens with one attached hydrogen (secondary N) is 5. The molecular weight excluding hydrogens is 1060 g/mol. The summed E-state index contributed by atoms with van der Waals surface area (Å²) in [6.45, 7) is 14.1. The number of β-amino-alcohol motifs (C(OH)–C–C–N with tert-alkyl or cyclic N) is 1. The van der Waals surface area contributed by atoms with Crippen LogP contribution < -0.4 is 36.2 Å². The van der Waals surface area contributed by atoms with Gasteiger partial charge in [0.15, 0.2) is 23.1 Å². The summed E-state index contributed by atoms with van der Waals surface area (Å²) in [7, 11) is 4.87. The molecule has 3 fully saturated rings. The first-order valence-corrected chi connectivity index (χ1v) is 28.7. The molecule has 6 N–H and O–H groups in total. The van der Waals surface area contributed by atoms with Gasteiger partial charge in [0.25, 0.3) is 5.91 Å². The van der Waals surface area contributed by atoms with E-state index in [-0.39, 0.29) is 55.3 Å². The number of ether oxygens (including phenoxy) is 1. The number of likely N-dealkylation sites (tertiary alicyclic amines) is 2. The molecule has 6 aromatic rings. The van der Waals surface area contributed by atoms with Crippen molar-refractivity contribution in [2.45, 2.75) is 103 Å². The number of hydrogen-bond donors (Lipinski definition) is 6. The average Bonchev–Trinajstić information content (AvgIpc) is 4.30. The van der Waals surface area contributed by atoms with E-state index in [4.69, 9.17) is 4.74 Å². The second-order valence-corrected chi connectivity index (χ2v) is 23.1. The van der Waals surface area contributed by atoms with Crippen LogP contribution in [0.2, 0.25) is 0 Å². The number of hydrogen-bond acceptors (Lipinski definition) is 18. The Kier molecular flexibility index (Phi) is 18.4. The number of aliphatic hydroxyl groups is 1. The van der Waals surface area contributed by atoms with Crippen molar-refractivity contribution in [2.24, 2.45) is 12.5 Å². The summed E-state index contributed by atoms with van der Waals surface area (Å²) in [5.41, 5.74) is 6.71. The number of piperazine rings is 1. The molecule has 9 rings (SSSR count). The molecule has 0 saturated carbocycles. The predicted octanol–water partition coefficient (Wildman–Crippen LogP) is 5.61. The van der Waals surface area contributed by atoms with Crippen LogP contribution in [-0.2, 0) is 26.2 Å². The van der Waals surface area contributed by atoms with Crippen molar-refractivity contribution in [1.82, 2.24) is 65.6 Å². The number of thiazole rings is 1. The second-order valence-electron chi connectivity index (χ2n) is 22.2. The molecule has 24 heteroatoms. The Bertz CT molecular complexity index is 3220. The maximum absolute atomic E-state index is 14.2. The molecular formula is C58H74N16O7S. The zero-order chi connectivity index (χ0) is 58.2. The van der Waals surface area contributed by atoms with E-state index in [1.165, 1.54) is 11.9 Å². The molecule has 0 radical (unpaired) electrons. The molecule has 7 heterocycles. The third-order valence-corrected chi connectivity index (χ3v) is 16.4. The molecule has 434 valence electrons. The first-order valence-electron chi connectivity index (χ1n) is 27.9. The molecule has 0 bridgehead atoms. The zero-order valence-corrected chi connectivity index (χ0v) is 48.6. The Hall–Kier alpha value is -8.09. The first-order chi connectivity index (χ1) is 39.4. The number of methoxy groups -OCH3 is 1. The molecule has 82 heavy (non-hydrogen) atoms. The van der Waals surface area contributed by atoms with Gasteiger partial charge < -0.3 is 51.1 Å². The SMILES string of the molecule is CNC(=O)c1nnc(Nc2ccc(N3CCN(C4CCN(C(=O)CCCC(=O)N[C@H](C(=O)N5C[C@H](O)C[C@H]5C(=O)N[C@@H](C)c5ccc(-c6scnc6C)cc5)C(C)(C)C)CC4)CC3)cn2)cc1Nc1cccc(-c2ncn(C)n2)c1OC. The Labute approximate surface area is 481 Å². The molecule has 3 aliphatic heterocycles. The molecule has 2 aromatic carbocycles. The third-order valence-electron chi connectivity index (χ3n) is 15.4. The number of aliphatic hydroxyl groups excluding tert-OH is 1. The van der Waals surface area contributed by atoms with Crippen LogP contribution in [0.4, 0.5) is 28.7 Å². The van der Waals surface area contributed by atoms with E-state index in [1.54, 1.807) is 42.6 Å². The highest BCUT2D eigenvalue weighted by Gasteiger charge is 2.45. The second kappa shape index (κ2) is 25.8. The quantitative estimate of drug-likeness (QED) is 0.0575. The molecule has 23 nitrogen and oxygen atoms in total. The van der Waals surface area contributed by atoms with Crippen molar-refractivity contribution in [3.8, 4) is 27.6 Å². The van der Waals surface area contributed by atoms with Crippen LogP contribution in [0.15, 0.2) is 78.7 Å². The first kappa shape index (κ1) is 58.6. The maximum Gasteiger partial charge on any atom is 0.273 e. The standard InChI is InChI=1S/C58H74N16O7S/c1-35(37-15-17-38(18-16-37)52-36(2)62-34-82-52)63-55(78)45-29-41(75)32-74(45)57(80)53(58(3,4)5)66-48(76)13-10-14-49(77)73-23-21-39(22-24-73)71-25-27-72(28-26-71)40-19-20-46(60-31-40)65-47-30-44(50(68-67-47)56(79)59-6)64-43-12-9-11-42(51(43)81-8)54-61-33-70(7)69-54/h9,11-12,15-20,30-31,33-35,39,41,45,53,75H,10,13-14,21-29,32H2,1-8H3,(H,59,79)(H,63,78)(H,66,76)(H2,60,64,65,67)/t35-,41+,45-,53+/m0/s1. The molecule has 0 unspecified atom stereocenters. The minimum absolute atomic E-state index is 0.0106. The van der Waals surface area contributed by atoms with E-state index in [0.29, 0.717) is 65.7 Å². The fourth-order valence-electron chi connectivity index (χ4n) is 10.9. The number of piperidine rings is 1. The van der Waals surface area contributed by atoms with Gasteiger partial charge in [-0.3, -0.25) is 33.6 Å². The van der Waals surface area contributed by atoms with Crippen LogP contribution in [0.25, 0.3) is 21.8 Å². The molecule has 4 aromatic heterocycles. The van der Waals surface area contributed by atoms with Gasteiger partial charge in [-0.2, -0.15) is 5.10 Å². The van der Waals surface area contributed by atoms with Gasteiger partial charge in [-0.1, -0.05) is 51.1 Å². The average molecular weight is 1140 g/mol. The van der Waals surface area contributed by atoms with Gasteiger partial charge in [0, 0.05) is 91.3 Å². The fourth-order valence-corrected chi connectivity index (χ4v) is 11.7. The number of rotatable bonds is 19. The number of carbonyl (C=O) groups is 5. The van der Waals surface area contributed by atoms with Crippen LogP contribution in [0.1, 0.15) is 94.0 Å². The third kappa shape index (κ3) is 13.8. The van der Waals surface area contributed by atoms with E-state index in [1.807, 2.05) is 106 Å². The van der Waals surface area contributed by atoms with Crippen LogP contribution in [-0.4, -0.2) is 168 Å². The van der Waals surface area contributed by atoms with E-state index in [0.717, 1.165) is 66.4 Å². The number of benzene rings is 2. The van der Waals surface area contributed by atoms with Gasteiger partial charge in [-0.05, 0) is 73.9 Å². The largest absolute Gasteiger partial charge is 0.494 e. The topological polar surface area (TPSA) is 270 Å². The van der Waals surface area contributed by atoms with Gasteiger partial charge in [0.05, 0.1) is 64.2 Å². The monoisotopic (exact) mass is 1140 g/mol. The van der Waals surface area contributed by atoms with Crippen LogP contribution in [0.5, 0.6) is 5.75 Å². The fraction of sp³-hybridized carbons (Fsp3) is 0.466. The van der Waals surface area contributed by atoms with Crippen molar-refractivity contribution in [2.75, 3.05) is 75.5 Å². The van der Waals surface area contributed by atoms with Gasteiger partial charge in [-0.25, -0.2) is 15.0 Å². The van der Waals surface area contributed by atoms with E-state index < -0.39 is 35.4 Å². The number of aromatic nitrogens is 7. The smallest absolute Gasteiger partial charge is 0.273 e. The molecule has 3 saturated heterocycles. The van der Waals surface area contributed by atoms with Crippen molar-refractivity contribution in [1.29, 1.82) is 0 Å². The number of pyridine rings is 1. The van der Waals surface area contributed by atoms with Crippen molar-refractivity contribution in [3.05, 3.63) is 95.6 Å². The molecule has 0 aliphatic carbocycles.